The molecule has 0 bridgehead atoms. The van der Waals surface area contributed by atoms with Gasteiger partial charge in [0, 0.05) is 24.8 Å². The minimum absolute atomic E-state index is 0.218. The van der Waals surface area contributed by atoms with Crippen molar-refractivity contribution in [1.29, 1.82) is 0 Å². The molecule has 1 saturated heterocycles. The van der Waals surface area contributed by atoms with Gasteiger partial charge in [-0.15, -0.1) is 0 Å². The monoisotopic (exact) mass is 389 g/mol. The zero-order valence-corrected chi connectivity index (χ0v) is 16.6. The summed E-state index contributed by atoms with van der Waals surface area (Å²) in [5.41, 5.74) is 5.10. The smallest absolute Gasteiger partial charge is 0.143 e. The standard InChI is InChI=1S/C23H27N5O/c1-2-4-17-15(3-1)7-8-20(28-9-11-29-12-10-28)21(17)27-23-18-13-19(16-5-6-16)26-22(18)24-14-25-23/h1-4,13-14,16,20-21H,5-12H2,(H2,24,25,26,27). The number of hydrogen-bond donors (Lipinski definition) is 2. The van der Waals surface area contributed by atoms with E-state index >= 15 is 0 Å². The second-order valence-corrected chi connectivity index (χ2v) is 8.56. The number of rotatable bonds is 4. The Labute approximate surface area is 170 Å². The third-order valence-corrected chi connectivity index (χ3v) is 6.75. The van der Waals surface area contributed by atoms with Crippen molar-refractivity contribution in [3.05, 3.63) is 53.5 Å². The van der Waals surface area contributed by atoms with E-state index in [1.54, 1.807) is 6.33 Å². The molecule has 6 heteroatoms. The van der Waals surface area contributed by atoms with Crippen LogP contribution in [0.15, 0.2) is 36.7 Å². The van der Waals surface area contributed by atoms with Crippen LogP contribution in [0.1, 0.15) is 48.0 Å². The van der Waals surface area contributed by atoms with Gasteiger partial charge in [0.15, 0.2) is 0 Å². The summed E-state index contributed by atoms with van der Waals surface area (Å²) in [5.74, 6) is 1.62. The molecule has 2 N–H and O–H groups in total. The maximum Gasteiger partial charge on any atom is 0.143 e. The molecule has 1 aliphatic heterocycles. The number of nitrogens with zero attached hydrogens (tertiary/aromatic N) is 3. The number of nitrogens with one attached hydrogen (secondary N) is 2. The van der Waals surface area contributed by atoms with E-state index in [1.165, 1.54) is 29.7 Å². The molecule has 0 radical (unpaired) electrons. The number of aromatic nitrogens is 3. The van der Waals surface area contributed by atoms with Gasteiger partial charge in [-0.25, -0.2) is 9.97 Å². The van der Waals surface area contributed by atoms with Gasteiger partial charge in [0.05, 0.1) is 24.6 Å². The summed E-state index contributed by atoms with van der Waals surface area (Å²) in [7, 11) is 0. The number of aromatic amines is 1. The van der Waals surface area contributed by atoms with Crippen LogP contribution in [-0.2, 0) is 11.2 Å². The van der Waals surface area contributed by atoms with Crippen molar-refractivity contribution in [2.45, 2.75) is 43.7 Å². The first-order valence-electron chi connectivity index (χ1n) is 10.9. The van der Waals surface area contributed by atoms with Crippen molar-refractivity contribution in [2.75, 3.05) is 31.6 Å². The second-order valence-electron chi connectivity index (χ2n) is 8.56. The maximum atomic E-state index is 5.62. The molecule has 3 heterocycles. The average molecular weight is 390 g/mol. The number of H-pyrrole nitrogens is 1. The average Bonchev–Trinajstić information content (AvgIpc) is 3.53. The van der Waals surface area contributed by atoms with Crippen molar-refractivity contribution in [1.82, 2.24) is 19.9 Å². The summed E-state index contributed by atoms with van der Waals surface area (Å²) in [5, 5.41) is 4.96. The van der Waals surface area contributed by atoms with Crippen molar-refractivity contribution >= 4 is 16.9 Å². The third kappa shape index (κ3) is 3.20. The fraction of sp³-hybridized carbons (Fsp3) is 0.478. The molecule has 2 fully saturated rings. The van der Waals surface area contributed by atoms with Gasteiger partial charge in [0.25, 0.3) is 0 Å². The summed E-state index contributed by atoms with van der Waals surface area (Å²) in [6.45, 7) is 3.65. The number of aryl methyl sites for hydroxylation is 1. The van der Waals surface area contributed by atoms with Crippen molar-refractivity contribution in [2.24, 2.45) is 0 Å². The molecular formula is C23H27N5O. The van der Waals surface area contributed by atoms with Gasteiger partial charge in [-0.3, -0.25) is 4.90 Å². The molecule has 3 aliphatic rings. The Kier molecular flexibility index (Phi) is 4.27. The predicted octanol–water partition coefficient (Wildman–Crippen LogP) is 3.64. The van der Waals surface area contributed by atoms with Gasteiger partial charge in [-0.2, -0.15) is 0 Å². The highest BCUT2D eigenvalue weighted by Gasteiger charge is 2.35. The van der Waals surface area contributed by atoms with Crippen LogP contribution in [0, 0.1) is 0 Å². The highest BCUT2D eigenvalue weighted by molar-refractivity contribution is 5.88. The minimum atomic E-state index is 0.218. The lowest BCUT2D eigenvalue weighted by atomic mass is 9.83. The third-order valence-electron chi connectivity index (χ3n) is 6.75. The lowest BCUT2D eigenvalue weighted by Gasteiger charge is -2.43. The first kappa shape index (κ1) is 17.4. The van der Waals surface area contributed by atoms with Gasteiger partial charge in [-0.05, 0) is 48.8 Å². The van der Waals surface area contributed by atoms with E-state index < -0.39 is 0 Å². The Bertz CT molecular complexity index is 1020. The first-order chi connectivity index (χ1) is 14.4. The molecule has 2 aliphatic carbocycles. The SMILES string of the molecule is c1ccc2c(c1)CCC(N1CCOCC1)C2Nc1ncnc2[nH]c(C3CC3)cc12. The van der Waals surface area contributed by atoms with E-state index in [2.05, 4.69) is 55.5 Å². The largest absolute Gasteiger partial charge is 0.379 e. The van der Waals surface area contributed by atoms with Crippen LogP contribution in [0.3, 0.4) is 0 Å². The molecule has 2 unspecified atom stereocenters. The molecule has 0 spiro atoms. The minimum Gasteiger partial charge on any atom is -0.379 e. The molecule has 150 valence electrons. The molecule has 2 aromatic heterocycles. The van der Waals surface area contributed by atoms with Gasteiger partial charge < -0.3 is 15.0 Å². The van der Waals surface area contributed by atoms with Crippen LogP contribution in [0.4, 0.5) is 5.82 Å². The Balaban J connectivity index is 1.38. The van der Waals surface area contributed by atoms with E-state index in [1.807, 2.05) is 0 Å². The van der Waals surface area contributed by atoms with Crippen LogP contribution in [0.2, 0.25) is 0 Å². The van der Waals surface area contributed by atoms with Crippen molar-refractivity contribution in [3.8, 4) is 0 Å². The molecular weight excluding hydrogens is 362 g/mol. The number of morpholine rings is 1. The Morgan fingerprint density at radius 1 is 1.07 bits per heavy atom. The van der Waals surface area contributed by atoms with Crippen LogP contribution in [0.5, 0.6) is 0 Å². The van der Waals surface area contributed by atoms with Crippen molar-refractivity contribution < 1.29 is 4.74 Å². The van der Waals surface area contributed by atoms with E-state index in [-0.39, 0.29) is 6.04 Å². The fourth-order valence-corrected chi connectivity index (χ4v) is 5.06. The number of ether oxygens (including phenoxy) is 1. The zero-order chi connectivity index (χ0) is 19.2. The Hall–Kier alpha value is -2.44. The van der Waals surface area contributed by atoms with E-state index in [4.69, 9.17) is 4.74 Å². The molecule has 3 aromatic rings. The second kappa shape index (κ2) is 7.11. The van der Waals surface area contributed by atoms with Gasteiger partial charge in [-0.1, -0.05) is 24.3 Å². The molecule has 2 atom stereocenters. The Morgan fingerprint density at radius 2 is 1.93 bits per heavy atom. The van der Waals surface area contributed by atoms with E-state index in [0.29, 0.717) is 12.0 Å². The maximum absolute atomic E-state index is 5.62. The van der Waals surface area contributed by atoms with Gasteiger partial charge in [0.2, 0.25) is 0 Å². The fourth-order valence-electron chi connectivity index (χ4n) is 5.06. The number of anilines is 1. The summed E-state index contributed by atoms with van der Waals surface area (Å²) < 4.78 is 5.62. The molecule has 6 rings (SSSR count). The summed E-state index contributed by atoms with van der Waals surface area (Å²) in [6, 6.07) is 11.8. The van der Waals surface area contributed by atoms with Crippen LogP contribution >= 0.6 is 0 Å². The topological polar surface area (TPSA) is 66.1 Å². The number of fused-ring (bicyclic) bond motifs is 2. The first-order valence-corrected chi connectivity index (χ1v) is 10.9. The van der Waals surface area contributed by atoms with E-state index in [9.17, 15) is 0 Å². The Morgan fingerprint density at radius 3 is 2.79 bits per heavy atom. The van der Waals surface area contributed by atoms with E-state index in [0.717, 1.165) is 56.0 Å². The molecule has 1 saturated carbocycles. The summed E-state index contributed by atoms with van der Waals surface area (Å²) in [4.78, 5) is 15.3. The quantitative estimate of drug-likeness (QED) is 0.713. The molecule has 6 nitrogen and oxygen atoms in total. The van der Waals surface area contributed by atoms with Crippen LogP contribution in [-0.4, -0.2) is 52.2 Å². The summed E-state index contributed by atoms with van der Waals surface area (Å²) >= 11 is 0. The lowest BCUT2D eigenvalue weighted by molar-refractivity contribution is 0.00896. The lowest BCUT2D eigenvalue weighted by Crippen LogP contribution is -2.49. The molecule has 29 heavy (non-hydrogen) atoms. The summed E-state index contributed by atoms with van der Waals surface area (Å²) in [6.07, 6.45) is 6.52. The molecule has 0 amide bonds. The number of benzene rings is 1. The number of hydrogen-bond acceptors (Lipinski definition) is 5. The highest BCUT2D eigenvalue weighted by Crippen LogP contribution is 2.42. The normalized spacial score (nSPS) is 25.1. The van der Waals surface area contributed by atoms with Crippen molar-refractivity contribution in [3.63, 3.8) is 0 Å². The van der Waals surface area contributed by atoms with Gasteiger partial charge in [0.1, 0.15) is 17.8 Å². The zero-order valence-electron chi connectivity index (χ0n) is 16.6. The predicted molar refractivity (Wildman–Crippen MR) is 113 cm³/mol. The van der Waals surface area contributed by atoms with Gasteiger partial charge >= 0.3 is 0 Å². The van der Waals surface area contributed by atoms with Crippen LogP contribution in [0.25, 0.3) is 11.0 Å². The highest BCUT2D eigenvalue weighted by atomic mass is 16.5. The molecule has 1 aromatic carbocycles. The van der Waals surface area contributed by atoms with Crippen LogP contribution < -0.4 is 5.32 Å².